The maximum Gasteiger partial charge on any atom is 0.406 e. The number of aliphatic hydroxyl groups is 1. The van der Waals surface area contributed by atoms with Crippen LogP contribution < -0.4 is 10.6 Å². The Morgan fingerprint density at radius 3 is 2.26 bits per heavy atom. The maximum absolute atomic E-state index is 13.3. The Morgan fingerprint density at radius 1 is 1.11 bits per heavy atom. The van der Waals surface area contributed by atoms with E-state index in [1.807, 2.05) is 0 Å². The molecule has 0 amide bonds. The van der Waals surface area contributed by atoms with Crippen molar-refractivity contribution in [2.24, 2.45) is 0 Å². The Morgan fingerprint density at radius 2 is 1.74 bits per heavy atom. The van der Waals surface area contributed by atoms with Gasteiger partial charge in [0.2, 0.25) is 0 Å². The quantitative estimate of drug-likeness (QED) is 0.506. The van der Waals surface area contributed by atoms with E-state index in [1.165, 1.54) is 0 Å². The third kappa shape index (κ3) is 7.94. The second-order valence-corrected chi connectivity index (χ2v) is 5.72. The minimum atomic E-state index is -4.72. The summed E-state index contributed by atoms with van der Waals surface area (Å²) in [5.41, 5.74) is 0.616. The number of ether oxygens (including phenoxy) is 2. The molecule has 10 heteroatoms. The van der Waals surface area contributed by atoms with Crippen LogP contribution in [0.25, 0.3) is 0 Å². The summed E-state index contributed by atoms with van der Waals surface area (Å²) in [6.45, 7) is -0.701. The van der Waals surface area contributed by atoms with E-state index in [0.717, 1.165) is 14.2 Å². The van der Waals surface area contributed by atoms with E-state index >= 15 is 0 Å². The van der Waals surface area contributed by atoms with E-state index < -0.39 is 49.3 Å². The number of alkyl halides is 3. The van der Waals surface area contributed by atoms with Gasteiger partial charge in [-0.05, 0) is 5.56 Å². The van der Waals surface area contributed by atoms with Crippen LogP contribution in [0.3, 0.4) is 0 Å². The van der Waals surface area contributed by atoms with Crippen molar-refractivity contribution in [1.82, 2.24) is 10.6 Å². The fourth-order valence-electron chi connectivity index (χ4n) is 2.31. The standard InChI is InChI=1S/C17H23F3N2O5/c1-26-14(24)8-12(16(25)27-2)21-10-13(23)15(17(18,19)20)22-9-11-6-4-3-5-7-11/h3-7,12-13,15,21-23H,8-10H2,1-2H3/t12-,13-,15+/m0/s1. The van der Waals surface area contributed by atoms with Gasteiger partial charge in [0.1, 0.15) is 12.1 Å². The van der Waals surface area contributed by atoms with E-state index in [-0.39, 0.29) is 6.54 Å². The second kappa shape index (κ2) is 10.9. The molecule has 0 saturated carbocycles. The summed E-state index contributed by atoms with van der Waals surface area (Å²) in [5.74, 6) is -1.60. The third-order valence-corrected chi connectivity index (χ3v) is 3.76. The number of aliphatic hydroxyl groups excluding tert-OH is 1. The molecule has 0 aromatic heterocycles. The van der Waals surface area contributed by atoms with Crippen LogP contribution in [0.15, 0.2) is 30.3 Å². The van der Waals surface area contributed by atoms with Crippen LogP contribution in [0.1, 0.15) is 12.0 Å². The van der Waals surface area contributed by atoms with Gasteiger partial charge in [-0.3, -0.25) is 14.9 Å². The lowest BCUT2D eigenvalue weighted by molar-refractivity contribution is -0.178. The van der Waals surface area contributed by atoms with Crippen molar-refractivity contribution in [3.8, 4) is 0 Å². The Kier molecular flexibility index (Phi) is 9.19. The lowest BCUT2D eigenvalue weighted by Gasteiger charge is -2.28. The first kappa shape index (κ1) is 22.9. The van der Waals surface area contributed by atoms with Crippen molar-refractivity contribution >= 4 is 11.9 Å². The largest absolute Gasteiger partial charge is 0.469 e. The number of carbonyl (C=O) groups excluding carboxylic acids is 2. The zero-order valence-corrected chi connectivity index (χ0v) is 15.0. The van der Waals surface area contributed by atoms with Crippen molar-refractivity contribution < 1.29 is 37.3 Å². The predicted molar refractivity (Wildman–Crippen MR) is 89.6 cm³/mol. The number of carbonyl (C=O) groups is 2. The summed E-state index contributed by atoms with van der Waals surface area (Å²) in [6.07, 6.45) is -7.07. The van der Waals surface area contributed by atoms with E-state index in [4.69, 9.17) is 0 Å². The number of benzene rings is 1. The van der Waals surface area contributed by atoms with Crippen molar-refractivity contribution in [2.45, 2.75) is 37.3 Å². The normalized spacial score (nSPS) is 14.9. The first-order chi connectivity index (χ1) is 12.7. The van der Waals surface area contributed by atoms with Gasteiger partial charge in [-0.15, -0.1) is 0 Å². The van der Waals surface area contributed by atoms with E-state index in [9.17, 15) is 27.9 Å². The SMILES string of the molecule is COC(=O)C[C@H](NC[C@H](O)[C@@H](NCc1ccccc1)C(F)(F)F)C(=O)OC. The Bertz CT molecular complexity index is 598. The van der Waals surface area contributed by atoms with E-state index in [1.54, 1.807) is 30.3 Å². The highest BCUT2D eigenvalue weighted by Gasteiger charge is 2.44. The van der Waals surface area contributed by atoms with Crippen LogP contribution in [0.2, 0.25) is 0 Å². The van der Waals surface area contributed by atoms with Crippen LogP contribution in [0, 0.1) is 0 Å². The maximum atomic E-state index is 13.3. The smallest absolute Gasteiger partial charge is 0.406 e. The van der Waals surface area contributed by atoms with Crippen LogP contribution in [-0.2, 0) is 25.6 Å². The Balaban J connectivity index is 2.72. The summed E-state index contributed by atoms with van der Waals surface area (Å²) in [7, 11) is 2.18. The lowest BCUT2D eigenvalue weighted by atomic mass is 10.1. The summed E-state index contributed by atoms with van der Waals surface area (Å²) < 4.78 is 48.7. The van der Waals surface area contributed by atoms with Gasteiger partial charge < -0.3 is 19.9 Å². The first-order valence-corrected chi connectivity index (χ1v) is 8.09. The first-order valence-electron chi connectivity index (χ1n) is 8.09. The van der Waals surface area contributed by atoms with Gasteiger partial charge in [-0.1, -0.05) is 30.3 Å². The molecular formula is C17H23F3N2O5. The molecule has 0 unspecified atom stereocenters. The molecule has 1 aromatic carbocycles. The molecule has 0 aliphatic carbocycles. The van der Waals surface area contributed by atoms with Crippen molar-refractivity contribution in [3.05, 3.63) is 35.9 Å². The fourth-order valence-corrected chi connectivity index (χ4v) is 2.31. The lowest BCUT2D eigenvalue weighted by Crippen LogP contribution is -2.55. The molecule has 0 aliphatic heterocycles. The Hall–Kier alpha value is -2.17. The molecule has 1 rings (SSSR count). The van der Waals surface area contributed by atoms with Gasteiger partial charge in [0.25, 0.3) is 0 Å². The highest BCUT2D eigenvalue weighted by Crippen LogP contribution is 2.23. The van der Waals surface area contributed by atoms with E-state index in [0.29, 0.717) is 5.56 Å². The Labute approximate surface area is 154 Å². The van der Waals surface area contributed by atoms with Gasteiger partial charge in [0.05, 0.1) is 26.7 Å². The number of hydrogen-bond donors (Lipinski definition) is 3. The minimum absolute atomic E-state index is 0.106. The molecule has 3 atom stereocenters. The molecule has 0 spiro atoms. The third-order valence-electron chi connectivity index (χ3n) is 3.76. The van der Waals surface area contributed by atoms with Crippen molar-refractivity contribution in [2.75, 3.05) is 20.8 Å². The number of nitrogens with one attached hydrogen (secondary N) is 2. The van der Waals surface area contributed by atoms with Gasteiger partial charge in [-0.25, -0.2) is 0 Å². The summed E-state index contributed by atoms with van der Waals surface area (Å²) in [6, 6.07) is 4.93. The van der Waals surface area contributed by atoms with Crippen molar-refractivity contribution in [3.63, 3.8) is 0 Å². The zero-order chi connectivity index (χ0) is 20.4. The van der Waals surface area contributed by atoms with Gasteiger partial charge in [0, 0.05) is 13.1 Å². The van der Waals surface area contributed by atoms with Crippen LogP contribution >= 0.6 is 0 Å². The molecule has 7 nitrogen and oxygen atoms in total. The van der Waals surface area contributed by atoms with Crippen molar-refractivity contribution in [1.29, 1.82) is 0 Å². The molecule has 0 fully saturated rings. The minimum Gasteiger partial charge on any atom is -0.469 e. The number of halogens is 3. The van der Waals surface area contributed by atoms with Crippen LogP contribution in [0.5, 0.6) is 0 Å². The molecule has 1 aromatic rings. The molecule has 0 radical (unpaired) electrons. The molecule has 0 saturated heterocycles. The summed E-state index contributed by atoms with van der Waals surface area (Å²) in [5, 5.41) is 14.7. The average Bonchev–Trinajstić information content (AvgIpc) is 2.64. The van der Waals surface area contributed by atoms with Crippen LogP contribution in [-0.4, -0.2) is 62.2 Å². The number of esters is 2. The zero-order valence-electron chi connectivity index (χ0n) is 15.0. The molecule has 0 aliphatic rings. The fraction of sp³-hybridized carbons (Fsp3) is 0.529. The summed E-state index contributed by atoms with van der Waals surface area (Å²) >= 11 is 0. The van der Waals surface area contributed by atoms with E-state index in [2.05, 4.69) is 20.1 Å². The molecule has 152 valence electrons. The molecule has 3 N–H and O–H groups in total. The number of hydrogen-bond acceptors (Lipinski definition) is 7. The van der Waals surface area contributed by atoms with Gasteiger partial charge >= 0.3 is 18.1 Å². The summed E-state index contributed by atoms with van der Waals surface area (Å²) in [4.78, 5) is 23.0. The molecular weight excluding hydrogens is 369 g/mol. The average molecular weight is 392 g/mol. The van der Waals surface area contributed by atoms with Crippen LogP contribution in [0.4, 0.5) is 13.2 Å². The number of rotatable bonds is 10. The van der Waals surface area contributed by atoms with Gasteiger partial charge in [0.15, 0.2) is 0 Å². The predicted octanol–water partition coefficient (Wildman–Crippen LogP) is 0.762. The van der Waals surface area contributed by atoms with Gasteiger partial charge in [-0.2, -0.15) is 13.2 Å². The highest BCUT2D eigenvalue weighted by molar-refractivity contribution is 5.82. The molecule has 0 heterocycles. The number of methoxy groups -OCH3 is 2. The molecule has 0 bridgehead atoms. The monoisotopic (exact) mass is 392 g/mol. The highest BCUT2D eigenvalue weighted by atomic mass is 19.4. The second-order valence-electron chi connectivity index (χ2n) is 5.72. The topological polar surface area (TPSA) is 96.9 Å². The molecule has 27 heavy (non-hydrogen) atoms.